The smallest absolute Gasteiger partial charge is 0.144 e. The second-order valence-corrected chi connectivity index (χ2v) is 7.12. The van der Waals surface area contributed by atoms with Crippen molar-refractivity contribution in [2.45, 2.75) is 39.0 Å². The summed E-state index contributed by atoms with van der Waals surface area (Å²) in [5.41, 5.74) is 2.24. The van der Waals surface area contributed by atoms with Gasteiger partial charge in [0.15, 0.2) is 0 Å². The van der Waals surface area contributed by atoms with Gasteiger partial charge in [0.05, 0.1) is 12.1 Å². The molecule has 0 aromatic carbocycles. The minimum absolute atomic E-state index is 0.0607. The molecule has 0 atom stereocenters. The molecular formula is C14H17NOS2. The van der Waals surface area contributed by atoms with Crippen LogP contribution in [0.4, 0.5) is 0 Å². The van der Waals surface area contributed by atoms with E-state index < -0.39 is 0 Å². The van der Waals surface area contributed by atoms with E-state index in [4.69, 9.17) is 0 Å². The summed E-state index contributed by atoms with van der Waals surface area (Å²) in [7, 11) is 0. The summed E-state index contributed by atoms with van der Waals surface area (Å²) in [6.07, 6.45) is 0.977. The molecule has 0 amide bonds. The highest BCUT2D eigenvalue weighted by Crippen LogP contribution is 2.24. The highest BCUT2D eigenvalue weighted by atomic mass is 32.1. The summed E-state index contributed by atoms with van der Waals surface area (Å²) < 4.78 is 0. The Balaban J connectivity index is 1.97. The number of rotatable bonds is 4. The second-order valence-electron chi connectivity index (χ2n) is 5.40. The van der Waals surface area contributed by atoms with Gasteiger partial charge in [0.25, 0.3) is 0 Å². The SMILES string of the molecule is CC(C)(C)c1csc(CC(=O)Cc2ccsc2)n1. The van der Waals surface area contributed by atoms with Crippen LogP contribution in [0.5, 0.6) is 0 Å². The third-order valence-corrected chi connectivity index (χ3v) is 4.23. The number of carbonyl (C=O) groups is 1. The van der Waals surface area contributed by atoms with Crippen LogP contribution in [-0.4, -0.2) is 10.8 Å². The van der Waals surface area contributed by atoms with Crippen LogP contribution in [0.1, 0.15) is 37.0 Å². The molecule has 18 heavy (non-hydrogen) atoms. The molecule has 2 heterocycles. The summed E-state index contributed by atoms with van der Waals surface area (Å²) in [4.78, 5) is 16.5. The summed E-state index contributed by atoms with van der Waals surface area (Å²) >= 11 is 3.22. The van der Waals surface area contributed by atoms with Crippen molar-refractivity contribution in [2.24, 2.45) is 0 Å². The van der Waals surface area contributed by atoms with Crippen LogP contribution in [0, 0.1) is 0 Å². The number of hydrogen-bond acceptors (Lipinski definition) is 4. The van der Waals surface area contributed by atoms with Crippen LogP contribution >= 0.6 is 22.7 Å². The first kappa shape index (κ1) is 13.4. The lowest BCUT2D eigenvalue weighted by Crippen LogP contribution is -2.12. The van der Waals surface area contributed by atoms with Gasteiger partial charge in [0, 0.05) is 17.2 Å². The molecule has 0 radical (unpaired) electrons. The standard InChI is InChI=1S/C14H17NOS2/c1-14(2,3)12-9-18-13(15-12)7-11(16)6-10-4-5-17-8-10/h4-5,8-9H,6-7H2,1-3H3. The van der Waals surface area contributed by atoms with Crippen LogP contribution in [0.25, 0.3) is 0 Å². The molecule has 0 saturated carbocycles. The molecule has 96 valence electrons. The zero-order valence-corrected chi connectivity index (χ0v) is 12.5. The summed E-state index contributed by atoms with van der Waals surface area (Å²) in [5.74, 6) is 0.239. The molecule has 2 nitrogen and oxygen atoms in total. The number of carbonyl (C=O) groups excluding carboxylic acids is 1. The summed E-state index contributed by atoms with van der Waals surface area (Å²) in [6.45, 7) is 6.41. The largest absolute Gasteiger partial charge is 0.299 e. The third kappa shape index (κ3) is 3.50. The minimum atomic E-state index is 0.0607. The molecule has 2 aromatic heterocycles. The molecule has 0 fully saturated rings. The van der Waals surface area contributed by atoms with Crippen LogP contribution in [-0.2, 0) is 23.1 Å². The lowest BCUT2D eigenvalue weighted by molar-refractivity contribution is -0.117. The normalized spacial score (nSPS) is 11.7. The summed E-state index contributed by atoms with van der Waals surface area (Å²) in [5, 5.41) is 7.03. The molecule has 0 saturated heterocycles. The highest BCUT2D eigenvalue weighted by molar-refractivity contribution is 7.09. The van der Waals surface area contributed by atoms with Crippen molar-refractivity contribution < 1.29 is 4.79 Å². The molecule has 2 rings (SSSR count). The van der Waals surface area contributed by atoms with Gasteiger partial charge in [-0.3, -0.25) is 4.79 Å². The first-order valence-corrected chi connectivity index (χ1v) is 7.75. The van der Waals surface area contributed by atoms with E-state index in [0.717, 1.165) is 16.3 Å². The van der Waals surface area contributed by atoms with Gasteiger partial charge in [0.1, 0.15) is 10.8 Å². The Morgan fingerprint density at radius 2 is 2.06 bits per heavy atom. The van der Waals surface area contributed by atoms with Gasteiger partial charge in [0.2, 0.25) is 0 Å². The van der Waals surface area contributed by atoms with E-state index >= 15 is 0 Å². The fourth-order valence-electron chi connectivity index (χ4n) is 1.59. The lowest BCUT2D eigenvalue weighted by Gasteiger charge is -2.14. The maximum absolute atomic E-state index is 11.9. The van der Waals surface area contributed by atoms with E-state index in [0.29, 0.717) is 12.8 Å². The number of thiazole rings is 1. The fraction of sp³-hybridized carbons (Fsp3) is 0.429. The van der Waals surface area contributed by atoms with E-state index in [1.807, 2.05) is 16.8 Å². The number of hydrogen-bond donors (Lipinski definition) is 0. The van der Waals surface area contributed by atoms with Crippen molar-refractivity contribution in [3.8, 4) is 0 Å². The fourth-order valence-corrected chi connectivity index (χ4v) is 3.31. The molecule has 0 aliphatic carbocycles. The van der Waals surface area contributed by atoms with Crippen LogP contribution in [0.2, 0.25) is 0 Å². The Labute approximate surface area is 116 Å². The number of nitrogens with zero attached hydrogens (tertiary/aromatic N) is 1. The van der Waals surface area contributed by atoms with E-state index in [9.17, 15) is 4.79 Å². The van der Waals surface area contributed by atoms with Gasteiger partial charge in [-0.15, -0.1) is 11.3 Å². The molecule has 0 aliphatic heterocycles. The first-order chi connectivity index (χ1) is 8.45. The zero-order valence-electron chi connectivity index (χ0n) is 10.9. The van der Waals surface area contributed by atoms with Crippen molar-refractivity contribution >= 4 is 28.5 Å². The van der Waals surface area contributed by atoms with E-state index in [1.54, 1.807) is 22.7 Å². The predicted molar refractivity (Wildman–Crippen MR) is 77.5 cm³/mol. The molecule has 0 N–H and O–H groups in total. The number of thiophene rings is 1. The molecule has 0 aliphatic rings. The Morgan fingerprint density at radius 1 is 1.28 bits per heavy atom. The van der Waals surface area contributed by atoms with Crippen molar-refractivity contribution in [3.63, 3.8) is 0 Å². The maximum Gasteiger partial charge on any atom is 0.144 e. The Bertz CT molecular complexity index is 520. The van der Waals surface area contributed by atoms with Gasteiger partial charge >= 0.3 is 0 Å². The Morgan fingerprint density at radius 3 is 2.61 bits per heavy atom. The Hall–Kier alpha value is -1.00. The zero-order chi connectivity index (χ0) is 13.2. The molecule has 0 bridgehead atoms. The number of ketones is 1. The number of aromatic nitrogens is 1. The van der Waals surface area contributed by atoms with E-state index in [1.165, 1.54) is 0 Å². The van der Waals surface area contributed by atoms with Crippen LogP contribution < -0.4 is 0 Å². The van der Waals surface area contributed by atoms with Crippen molar-refractivity contribution in [2.75, 3.05) is 0 Å². The predicted octanol–water partition coefficient (Wildman–Crippen LogP) is 3.86. The van der Waals surface area contributed by atoms with Gasteiger partial charge in [-0.05, 0) is 22.4 Å². The minimum Gasteiger partial charge on any atom is -0.299 e. The quantitative estimate of drug-likeness (QED) is 0.850. The van der Waals surface area contributed by atoms with Gasteiger partial charge in [-0.2, -0.15) is 11.3 Å². The van der Waals surface area contributed by atoms with Gasteiger partial charge in [-0.25, -0.2) is 4.98 Å². The van der Waals surface area contributed by atoms with E-state index in [2.05, 4.69) is 31.1 Å². The Kier molecular flexibility index (Phi) is 3.97. The molecular weight excluding hydrogens is 262 g/mol. The maximum atomic E-state index is 11.9. The average Bonchev–Trinajstić information content (AvgIpc) is 2.87. The summed E-state index contributed by atoms with van der Waals surface area (Å²) in [6, 6.07) is 2.00. The van der Waals surface area contributed by atoms with Crippen molar-refractivity contribution in [1.29, 1.82) is 0 Å². The van der Waals surface area contributed by atoms with E-state index in [-0.39, 0.29) is 11.2 Å². The topological polar surface area (TPSA) is 30.0 Å². The van der Waals surface area contributed by atoms with Gasteiger partial charge < -0.3 is 0 Å². The van der Waals surface area contributed by atoms with Crippen LogP contribution in [0.3, 0.4) is 0 Å². The molecule has 2 aromatic rings. The van der Waals surface area contributed by atoms with Crippen LogP contribution in [0.15, 0.2) is 22.2 Å². The third-order valence-electron chi connectivity index (χ3n) is 2.65. The molecule has 0 spiro atoms. The monoisotopic (exact) mass is 279 g/mol. The lowest BCUT2D eigenvalue weighted by atomic mass is 9.93. The first-order valence-electron chi connectivity index (χ1n) is 5.93. The van der Waals surface area contributed by atoms with Crippen molar-refractivity contribution in [3.05, 3.63) is 38.5 Å². The number of Topliss-reactive ketones (excluding diaryl/α,β-unsaturated/α-hetero) is 1. The highest BCUT2D eigenvalue weighted by Gasteiger charge is 2.18. The second kappa shape index (κ2) is 5.33. The average molecular weight is 279 g/mol. The van der Waals surface area contributed by atoms with Crippen molar-refractivity contribution in [1.82, 2.24) is 4.98 Å². The molecule has 4 heteroatoms. The van der Waals surface area contributed by atoms with Gasteiger partial charge in [-0.1, -0.05) is 20.8 Å². The molecule has 0 unspecified atom stereocenters.